The van der Waals surface area contributed by atoms with E-state index in [4.69, 9.17) is 4.74 Å². The van der Waals surface area contributed by atoms with Crippen LogP contribution in [0.5, 0.6) is 5.75 Å². The summed E-state index contributed by atoms with van der Waals surface area (Å²) < 4.78 is 7.63. The van der Waals surface area contributed by atoms with Crippen LogP contribution in [0, 0.1) is 0 Å². The summed E-state index contributed by atoms with van der Waals surface area (Å²) in [5.74, 6) is 0.792. The number of benzene rings is 4. The SMILES string of the molecule is COc1ccc(-c2c(CO)c(CO)c3n2Cc2c(c4ccccc4c4ccccc24)C3)cc1. The van der Waals surface area contributed by atoms with Crippen molar-refractivity contribution in [1.82, 2.24) is 4.57 Å². The molecule has 2 N–H and O–H groups in total. The number of fused-ring (bicyclic) bond motifs is 7. The molecule has 2 heterocycles. The van der Waals surface area contributed by atoms with Gasteiger partial charge in [0.2, 0.25) is 0 Å². The quantitative estimate of drug-likeness (QED) is 0.364. The zero-order valence-corrected chi connectivity index (χ0v) is 18.5. The van der Waals surface area contributed by atoms with Gasteiger partial charge in [0.1, 0.15) is 5.75 Å². The first-order valence-electron chi connectivity index (χ1n) is 11.3. The summed E-state index contributed by atoms with van der Waals surface area (Å²) in [6.45, 7) is 0.488. The van der Waals surface area contributed by atoms with Crippen molar-refractivity contribution in [2.75, 3.05) is 7.11 Å². The van der Waals surface area contributed by atoms with Crippen molar-refractivity contribution in [3.63, 3.8) is 0 Å². The summed E-state index contributed by atoms with van der Waals surface area (Å²) in [7, 11) is 1.66. The van der Waals surface area contributed by atoms with E-state index in [0.717, 1.165) is 40.2 Å². The summed E-state index contributed by atoms with van der Waals surface area (Å²) in [5.41, 5.74) is 7.34. The monoisotopic (exact) mass is 435 g/mol. The molecular formula is C29H25NO3. The van der Waals surface area contributed by atoms with Crippen LogP contribution in [-0.4, -0.2) is 21.9 Å². The van der Waals surface area contributed by atoms with Crippen LogP contribution in [0.3, 0.4) is 0 Å². The molecule has 4 nitrogen and oxygen atoms in total. The zero-order chi connectivity index (χ0) is 22.5. The molecule has 0 bridgehead atoms. The van der Waals surface area contributed by atoms with Gasteiger partial charge < -0.3 is 19.5 Å². The van der Waals surface area contributed by atoms with E-state index >= 15 is 0 Å². The van der Waals surface area contributed by atoms with Crippen molar-refractivity contribution in [2.24, 2.45) is 0 Å². The van der Waals surface area contributed by atoms with Gasteiger partial charge in [0.15, 0.2) is 0 Å². The second kappa shape index (κ2) is 7.77. The maximum atomic E-state index is 10.4. The van der Waals surface area contributed by atoms with Crippen molar-refractivity contribution < 1.29 is 14.9 Å². The van der Waals surface area contributed by atoms with Gasteiger partial charge in [-0.15, -0.1) is 0 Å². The molecule has 6 rings (SSSR count). The minimum absolute atomic E-state index is 0.0950. The zero-order valence-electron chi connectivity index (χ0n) is 18.5. The van der Waals surface area contributed by atoms with Gasteiger partial charge in [-0.05, 0) is 62.5 Å². The lowest BCUT2D eigenvalue weighted by Gasteiger charge is -2.26. The van der Waals surface area contributed by atoms with Crippen LogP contribution in [0.25, 0.3) is 32.8 Å². The summed E-state index contributed by atoms with van der Waals surface area (Å²) >= 11 is 0. The van der Waals surface area contributed by atoms with E-state index in [2.05, 4.69) is 53.1 Å². The lowest BCUT2D eigenvalue weighted by atomic mass is 9.87. The fourth-order valence-electron chi connectivity index (χ4n) is 5.59. The third kappa shape index (κ3) is 2.92. The number of ether oxygens (including phenoxy) is 1. The van der Waals surface area contributed by atoms with Gasteiger partial charge in [-0.1, -0.05) is 48.5 Å². The van der Waals surface area contributed by atoms with E-state index in [1.54, 1.807) is 7.11 Å². The molecule has 1 aliphatic rings. The van der Waals surface area contributed by atoms with Crippen molar-refractivity contribution in [1.29, 1.82) is 0 Å². The lowest BCUT2D eigenvalue weighted by Crippen LogP contribution is -2.16. The fraction of sp³-hybridized carbons (Fsp3) is 0.172. The van der Waals surface area contributed by atoms with Crippen molar-refractivity contribution in [3.8, 4) is 17.0 Å². The number of aliphatic hydroxyl groups excluding tert-OH is 2. The Labute approximate surface area is 192 Å². The van der Waals surface area contributed by atoms with Crippen LogP contribution in [0.1, 0.15) is 27.9 Å². The molecule has 0 saturated heterocycles. The van der Waals surface area contributed by atoms with E-state index in [1.807, 2.05) is 24.3 Å². The Morgan fingerprint density at radius 2 is 1.30 bits per heavy atom. The van der Waals surface area contributed by atoms with Gasteiger partial charge in [-0.2, -0.15) is 0 Å². The lowest BCUT2D eigenvalue weighted by molar-refractivity contribution is 0.260. The molecule has 1 aromatic heterocycles. The Morgan fingerprint density at radius 3 is 1.88 bits per heavy atom. The molecule has 164 valence electrons. The molecule has 4 aromatic carbocycles. The molecule has 0 saturated carbocycles. The highest BCUT2D eigenvalue weighted by Gasteiger charge is 2.29. The number of hydrogen-bond acceptors (Lipinski definition) is 3. The molecule has 0 atom stereocenters. The number of rotatable bonds is 4. The maximum absolute atomic E-state index is 10.4. The molecule has 0 fully saturated rings. The minimum Gasteiger partial charge on any atom is -0.497 e. The number of nitrogens with zero attached hydrogens (tertiary/aromatic N) is 1. The number of hydrogen-bond donors (Lipinski definition) is 2. The first-order valence-corrected chi connectivity index (χ1v) is 11.3. The Kier molecular flexibility index (Phi) is 4.72. The third-order valence-corrected chi connectivity index (χ3v) is 7.09. The molecule has 33 heavy (non-hydrogen) atoms. The van der Waals surface area contributed by atoms with Crippen molar-refractivity contribution >= 4 is 21.5 Å². The van der Waals surface area contributed by atoms with E-state index < -0.39 is 0 Å². The number of aromatic nitrogens is 1. The summed E-state index contributed by atoms with van der Waals surface area (Å²) in [6, 6.07) is 25.1. The van der Waals surface area contributed by atoms with Crippen LogP contribution in [-0.2, 0) is 26.2 Å². The first-order chi connectivity index (χ1) is 16.2. The van der Waals surface area contributed by atoms with Crippen LogP contribution < -0.4 is 4.74 Å². The average molecular weight is 436 g/mol. The number of aliphatic hydroxyl groups is 2. The summed E-state index contributed by atoms with van der Waals surface area (Å²) in [6.07, 6.45) is 0.722. The van der Waals surface area contributed by atoms with E-state index in [9.17, 15) is 10.2 Å². The predicted molar refractivity (Wildman–Crippen MR) is 132 cm³/mol. The highest BCUT2D eigenvalue weighted by atomic mass is 16.5. The summed E-state index contributed by atoms with van der Waals surface area (Å²) in [5, 5.41) is 25.7. The minimum atomic E-state index is -0.116. The number of methoxy groups -OCH3 is 1. The second-order valence-electron chi connectivity index (χ2n) is 8.61. The predicted octanol–water partition coefficient (Wildman–Crippen LogP) is 5.41. The van der Waals surface area contributed by atoms with Crippen LogP contribution in [0.4, 0.5) is 0 Å². The van der Waals surface area contributed by atoms with E-state index in [1.165, 1.54) is 32.7 Å². The average Bonchev–Trinajstić information content (AvgIpc) is 3.20. The van der Waals surface area contributed by atoms with Gasteiger partial charge >= 0.3 is 0 Å². The fourth-order valence-corrected chi connectivity index (χ4v) is 5.59. The standard InChI is InChI=1S/C29H25NO3/c1-33-19-12-10-18(11-13-19)29-27(17-32)26(16-31)28-14-24-22-8-4-2-6-20(22)21-7-3-5-9-23(21)25(24)15-30(28)29/h2-13,31-32H,14-17H2,1H3. The molecule has 4 heteroatoms. The van der Waals surface area contributed by atoms with E-state index in [-0.39, 0.29) is 13.2 Å². The Hall–Kier alpha value is -3.60. The highest BCUT2D eigenvalue weighted by molar-refractivity contribution is 6.11. The van der Waals surface area contributed by atoms with Crippen LogP contribution in [0.15, 0.2) is 72.8 Å². The molecule has 0 unspecified atom stereocenters. The molecule has 0 radical (unpaired) electrons. The Balaban J connectivity index is 1.65. The Bertz CT molecular complexity index is 1510. The normalized spacial score (nSPS) is 12.7. The van der Waals surface area contributed by atoms with Crippen LogP contribution >= 0.6 is 0 Å². The molecule has 0 spiro atoms. The molecule has 5 aromatic rings. The Morgan fingerprint density at radius 1 is 0.727 bits per heavy atom. The van der Waals surface area contributed by atoms with Crippen molar-refractivity contribution in [3.05, 3.63) is 101 Å². The largest absolute Gasteiger partial charge is 0.497 e. The highest BCUT2D eigenvalue weighted by Crippen LogP contribution is 2.42. The van der Waals surface area contributed by atoms with Gasteiger partial charge in [0.05, 0.1) is 26.0 Å². The van der Waals surface area contributed by atoms with Gasteiger partial charge in [-0.3, -0.25) is 0 Å². The van der Waals surface area contributed by atoms with Crippen molar-refractivity contribution in [2.45, 2.75) is 26.2 Å². The summed E-state index contributed by atoms with van der Waals surface area (Å²) in [4.78, 5) is 0. The third-order valence-electron chi connectivity index (χ3n) is 7.09. The van der Waals surface area contributed by atoms with Gasteiger partial charge in [-0.25, -0.2) is 0 Å². The first kappa shape index (κ1) is 20.0. The van der Waals surface area contributed by atoms with Crippen LogP contribution in [0.2, 0.25) is 0 Å². The topological polar surface area (TPSA) is 54.6 Å². The van der Waals surface area contributed by atoms with Gasteiger partial charge in [0.25, 0.3) is 0 Å². The van der Waals surface area contributed by atoms with E-state index in [0.29, 0.717) is 6.54 Å². The maximum Gasteiger partial charge on any atom is 0.118 e. The molecule has 0 aliphatic carbocycles. The second-order valence-corrected chi connectivity index (χ2v) is 8.61. The molecular weight excluding hydrogens is 410 g/mol. The van der Waals surface area contributed by atoms with Gasteiger partial charge in [0, 0.05) is 29.8 Å². The molecule has 0 amide bonds. The smallest absolute Gasteiger partial charge is 0.118 e. The molecule has 1 aliphatic heterocycles.